The van der Waals surface area contributed by atoms with Crippen LogP contribution in [0, 0.1) is 17.6 Å². The summed E-state index contributed by atoms with van der Waals surface area (Å²) in [4.78, 5) is 7.08. The highest BCUT2D eigenvalue weighted by Gasteiger charge is 2.42. The van der Waals surface area contributed by atoms with E-state index < -0.39 is 11.6 Å². The summed E-state index contributed by atoms with van der Waals surface area (Å²) in [5, 5.41) is 6.53. The molecule has 1 aromatic carbocycles. The van der Waals surface area contributed by atoms with Gasteiger partial charge in [0.1, 0.15) is 11.6 Å². The molecule has 0 radical (unpaired) electrons. The first-order valence-corrected chi connectivity index (χ1v) is 10.3. The molecule has 5 nitrogen and oxygen atoms in total. The molecule has 2 aliphatic rings. The molecule has 3 rings (SSSR count). The lowest BCUT2D eigenvalue weighted by atomic mass is 10.1. The minimum Gasteiger partial charge on any atom is -0.374 e. The van der Waals surface area contributed by atoms with Gasteiger partial charge in [-0.2, -0.15) is 0 Å². The third-order valence-corrected chi connectivity index (χ3v) is 5.13. The minimum absolute atomic E-state index is 0. The van der Waals surface area contributed by atoms with Crippen molar-refractivity contribution < 1.29 is 13.5 Å². The molecule has 1 saturated carbocycles. The minimum atomic E-state index is -0.475. The van der Waals surface area contributed by atoms with Crippen molar-refractivity contribution >= 4 is 29.9 Å². The van der Waals surface area contributed by atoms with Crippen LogP contribution in [0.15, 0.2) is 23.2 Å². The number of hydrogen-bond donors (Lipinski definition) is 2. The van der Waals surface area contributed by atoms with Gasteiger partial charge in [-0.15, -0.1) is 24.0 Å². The molecule has 8 heteroatoms. The van der Waals surface area contributed by atoms with Gasteiger partial charge in [-0.25, -0.2) is 8.78 Å². The Morgan fingerprint density at radius 3 is 2.69 bits per heavy atom. The zero-order valence-corrected chi connectivity index (χ0v) is 19.8. The molecule has 3 atom stereocenters. The molecule has 0 bridgehead atoms. The van der Waals surface area contributed by atoms with Gasteiger partial charge in [0.2, 0.25) is 0 Å². The van der Waals surface area contributed by atoms with Crippen LogP contribution in [-0.4, -0.2) is 62.3 Å². The second-order valence-corrected chi connectivity index (χ2v) is 8.09. The quantitative estimate of drug-likeness (QED) is 0.328. The number of aliphatic imine (C=N–C) groups is 1. The van der Waals surface area contributed by atoms with E-state index in [1.54, 1.807) is 0 Å². The third-order valence-electron chi connectivity index (χ3n) is 5.13. The summed E-state index contributed by atoms with van der Waals surface area (Å²) in [5.41, 5.74) is 0.177. The monoisotopic (exact) mass is 522 g/mol. The summed E-state index contributed by atoms with van der Waals surface area (Å²) in [6.07, 6.45) is 0.770. The van der Waals surface area contributed by atoms with E-state index in [0.29, 0.717) is 24.8 Å². The molecule has 1 heterocycles. The van der Waals surface area contributed by atoms with E-state index in [4.69, 9.17) is 4.74 Å². The number of nitrogens with zero attached hydrogens (tertiary/aromatic N) is 2. The van der Waals surface area contributed by atoms with Gasteiger partial charge < -0.3 is 15.4 Å². The number of nitrogens with one attached hydrogen (secondary N) is 2. The SMILES string of the molecule is CCNC(=NCC1CN(CC(C)C)CCO1)NC1CC1c1c(F)cccc1F.I. The van der Waals surface area contributed by atoms with E-state index in [2.05, 4.69) is 34.4 Å². The fraction of sp³-hybridized carbons (Fsp3) is 0.667. The van der Waals surface area contributed by atoms with Crippen molar-refractivity contribution in [2.45, 2.75) is 45.3 Å². The Morgan fingerprint density at radius 1 is 1.31 bits per heavy atom. The maximum atomic E-state index is 14.0. The predicted molar refractivity (Wildman–Crippen MR) is 123 cm³/mol. The van der Waals surface area contributed by atoms with Gasteiger partial charge in [0.25, 0.3) is 0 Å². The van der Waals surface area contributed by atoms with Crippen molar-refractivity contribution in [3.63, 3.8) is 0 Å². The topological polar surface area (TPSA) is 48.9 Å². The fourth-order valence-corrected chi connectivity index (χ4v) is 3.80. The Balaban J connectivity index is 0.00000300. The maximum absolute atomic E-state index is 14.0. The standard InChI is InChI=1S/C21H32F2N4O.HI/c1-4-24-21(25-11-15-13-27(8-9-28-15)12-14(2)3)26-19-10-16(19)20-17(22)6-5-7-18(20)23;/h5-7,14-16,19H,4,8-13H2,1-3H3,(H2,24,25,26);1H. The third kappa shape index (κ3) is 7.03. The number of halogens is 3. The summed E-state index contributed by atoms with van der Waals surface area (Å²) < 4.78 is 33.8. The second kappa shape index (κ2) is 11.4. The van der Waals surface area contributed by atoms with E-state index in [1.165, 1.54) is 18.2 Å². The number of ether oxygens (including phenoxy) is 1. The molecular weight excluding hydrogens is 489 g/mol. The maximum Gasteiger partial charge on any atom is 0.191 e. The molecule has 2 fully saturated rings. The molecule has 0 spiro atoms. The molecule has 1 aliphatic heterocycles. The van der Waals surface area contributed by atoms with Crippen LogP contribution in [0.1, 0.15) is 38.7 Å². The second-order valence-electron chi connectivity index (χ2n) is 8.09. The van der Waals surface area contributed by atoms with Gasteiger partial charge in [0.05, 0.1) is 19.3 Å². The van der Waals surface area contributed by atoms with Gasteiger partial charge >= 0.3 is 0 Å². The average molecular weight is 522 g/mol. The van der Waals surface area contributed by atoms with Gasteiger partial charge in [-0.05, 0) is 31.4 Å². The normalized spacial score (nSPS) is 24.9. The van der Waals surface area contributed by atoms with Gasteiger partial charge in [0, 0.05) is 43.7 Å². The van der Waals surface area contributed by atoms with Crippen LogP contribution >= 0.6 is 24.0 Å². The summed E-state index contributed by atoms with van der Waals surface area (Å²) in [6.45, 7) is 11.4. The van der Waals surface area contributed by atoms with Crippen molar-refractivity contribution in [1.82, 2.24) is 15.5 Å². The van der Waals surface area contributed by atoms with E-state index in [9.17, 15) is 8.78 Å². The first-order valence-electron chi connectivity index (χ1n) is 10.3. The largest absolute Gasteiger partial charge is 0.374 e. The Kier molecular flexibility index (Phi) is 9.55. The van der Waals surface area contributed by atoms with Crippen LogP contribution in [0.3, 0.4) is 0 Å². The lowest BCUT2D eigenvalue weighted by Gasteiger charge is -2.33. The highest BCUT2D eigenvalue weighted by molar-refractivity contribution is 14.0. The zero-order valence-electron chi connectivity index (χ0n) is 17.5. The Bertz CT molecular complexity index is 668. The Labute approximate surface area is 189 Å². The van der Waals surface area contributed by atoms with Crippen LogP contribution in [0.4, 0.5) is 8.78 Å². The summed E-state index contributed by atoms with van der Waals surface area (Å²) in [6, 6.07) is 4.03. The number of hydrogen-bond acceptors (Lipinski definition) is 3. The molecule has 29 heavy (non-hydrogen) atoms. The van der Waals surface area contributed by atoms with Gasteiger partial charge in [-0.3, -0.25) is 9.89 Å². The van der Waals surface area contributed by atoms with Crippen LogP contribution in [0.5, 0.6) is 0 Å². The molecule has 1 aromatic rings. The fourth-order valence-electron chi connectivity index (χ4n) is 3.80. The molecule has 3 unspecified atom stereocenters. The van der Waals surface area contributed by atoms with Crippen LogP contribution in [0.25, 0.3) is 0 Å². The number of guanidine groups is 1. The Hall–Kier alpha value is -1.000. The van der Waals surface area contributed by atoms with Gasteiger partial charge in [-0.1, -0.05) is 19.9 Å². The average Bonchev–Trinajstić information content (AvgIpc) is 3.38. The summed E-state index contributed by atoms with van der Waals surface area (Å²) in [5.74, 6) is 0.204. The molecule has 0 aromatic heterocycles. The van der Waals surface area contributed by atoms with Crippen LogP contribution in [0.2, 0.25) is 0 Å². The molecular formula is C21H33F2IN4O. The summed E-state index contributed by atoms with van der Waals surface area (Å²) in [7, 11) is 0. The van der Waals surface area contributed by atoms with Crippen molar-refractivity contribution in [1.29, 1.82) is 0 Å². The molecule has 2 N–H and O–H groups in total. The first kappa shape index (κ1) is 24.3. The highest BCUT2D eigenvalue weighted by Crippen LogP contribution is 2.43. The van der Waals surface area contributed by atoms with E-state index in [1.807, 2.05) is 6.92 Å². The zero-order chi connectivity index (χ0) is 20.1. The van der Waals surface area contributed by atoms with Crippen molar-refractivity contribution in [3.8, 4) is 0 Å². The van der Waals surface area contributed by atoms with Crippen molar-refractivity contribution in [2.24, 2.45) is 10.9 Å². The molecule has 164 valence electrons. The first-order chi connectivity index (χ1) is 13.5. The molecule has 1 saturated heterocycles. The number of morpholine rings is 1. The molecule has 1 aliphatic carbocycles. The van der Waals surface area contributed by atoms with E-state index in [0.717, 1.165) is 32.8 Å². The van der Waals surface area contributed by atoms with Crippen LogP contribution < -0.4 is 10.6 Å². The lowest BCUT2D eigenvalue weighted by Crippen LogP contribution is -2.46. The van der Waals surface area contributed by atoms with Crippen LogP contribution in [-0.2, 0) is 4.74 Å². The lowest BCUT2D eigenvalue weighted by molar-refractivity contribution is -0.0261. The Morgan fingerprint density at radius 2 is 2.03 bits per heavy atom. The summed E-state index contributed by atoms with van der Waals surface area (Å²) >= 11 is 0. The predicted octanol–water partition coefficient (Wildman–Crippen LogP) is 3.35. The van der Waals surface area contributed by atoms with E-state index in [-0.39, 0.29) is 47.6 Å². The van der Waals surface area contributed by atoms with Crippen molar-refractivity contribution in [3.05, 3.63) is 35.4 Å². The van der Waals surface area contributed by atoms with Gasteiger partial charge in [0.15, 0.2) is 5.96 Å². The number of benzene rings is 1. The van der Waals surface area contributed by atoms with E-state index >= 15 is 0 Å². The molecule has 0 amide bonds. The van der Waals surface area contributed by atoms with Crippen molar-refractivity contribution in [2.75, 3.05) is 39.3 Å². The highest BCUT2D eigenvalue weighted by atomic mass is 127. The number of rotatable bonds is 7. The smallest absolute Gasteiger partial charge is 0.191 e.